The van der Waals surface area contributed by atoms with E-state index in [1.54, 1.807) is 0 Å². The Morgan fingerprint density at radius 2 is 2.29 bits per heavy atom. The van der Waals surface area contributed by atoms with Crippen molar-refractivity contribution in [1.82, 2.24) is 0 Å². The zero-order valence-electron chi connectivity index (χ0n) is 8.91. The van der Waals surface area contributed by atoms with Crippen molar-refractivity contribution in [3.05, 3.63) is 24.3 Å². The third-order valence-corrected chi connectivity index (χ3v) is 1.82. The molecule has 0 aromatic heterocycles. The Bertz CT molecular complexity index is 216. The molecule has 0 amide bonds. The fraction of sp³-hybridized carbons (Fsp3) is 0.500. The molecule has 14 heavy (non-hydrogen) atoms. The van der Waals surface area contributed by atoms with Crippen LogP contribution >= 0.6 is 0 Å². The molecule has 0 aliphatic heterocycles. The molecule has 0 aliphatic rings. The maximum Gasteiger partial charge on any atom is 0.145 e. The lowest BCUT2D eigenvalue weighted by molar-refractivity contribution is -0.105. The van der Waals surface area contributed by atoms with Crippen molar-refractivity contribution in [2.45, 2.75) is 32.6 Å². The summed E-state index contributed by atoms with van der Waals surface area (Å²) in [5.74, 6) is 0. The number of unbranched alkanes of at least 4 members (excludes halogenated alkanes) is 1. The monoisotopic (exact) mass is 193 g/mol. The van der Waals surface area contributed by atoms with Gasteiger partial charge in [0.25, 0.3) is 0 Å². The third kappa shape index (κ3) is 7.47. The predicted molar refractivity (Wildman–Crippen MR) is 61.8 cm³/mol. The molecule has 0 saturated carbocycles. The highest BCUT2D eigenvalue weighted by Crippen LogP contribution is 2.05. The second kappa shape index (κ2) is 9.90. The molecule has 0 aromatic rings. The minimum Gasteiger partial charge on any atom is -0.298 e. The number of allylic oxidation sites excluding steroid dienone is 3. The highest BCUT2D eigenvalue weighted by Gasteiger charge is 1.93. The second-order valence-electron chi connectivity index (χ2n) is 2.99. The first-order valence-electron chi connectivity index (χ1n) is 5.08. The molecule has 0 heterocycles. The van der Waals surface area contributed by atoms with E-state index in [9.17, 15) is 4.79 Å². The third-order valence-electron chi connectivity index (χ3n) is 1.82. The van der Waals surface area contributed by atoms with E-state index < -0.39 is 0 Å². The first-order valence-corrected chi connectivity index (χ1v) is 5.08. The molecule has 2 nitrogen and oxygen atoms in total. The van der Waals surface area contributed by atoms with Crippen molar-refractivity contribution in [3.63, 3.8) is 0 Å². The SMILES string of the molecule is C=CCCC/C(C=O)=C/C/C=N/CC. The lowest BCUT2D eigenvalue weighted by Gasteiger charge is -1.96. The van der Waals surface area contributed by atoms with Crippen LogP contribution in [0.5, 0.6) is 0 Å². The number of carbonyl (C=O) groups excluding carboxylic acids is 1. The molecule has 0 N–H and O–H groups in total. The molecule has 0 aromatic carbocycles. The van der Waals surface area contributed by atoms with Crippen molar-refractivity contribution >= 4 is 12.5 Å². The van der Waals surface area contributed by atoms with Crippen LogP contribution in [0.3, 0.4) is 0 Å². The number of aliphatic imine (C=N–C) groups is 1. The van der Waals surface area contributed by atoms with Crippen LogP contribution in [-0.2, 0) is 4.79 Å². The van der Waals surface area contributed by atoms with E-state index in [1.807, 2.05) is 25.3 Å². The largest absolute Gasteiger partial charge is 0.298 e. The first kappa shape index (κ1) is 12.8. The zero-order chi connectivity index (χ0) is 10.6. The number of rotatable bonds is 8. The molecule has 0 unspecified atom stereocenters. The van der Waals surface area contributed by atoms with Crippen molar-refractivity contribution in [1.29, 1.82) is 0 Å². The van der Waals surface area contributed by atoms with E-state index in [4.69, 9.17) is 0 Å². The molecular formula is C12H19NO. The Kier molecular flexibility index (Phi) is 9.07. The van der Waals surface area contributed by atoms with Gasteiger partial charge in [-0.05, 0) is 31.8 Å². The van der Waals surface area contributed by atoms with Crippen molar-refractivity contribution in [2.75, 3.05) is 6.54 Å². The Balaban J connectivity index is 3.80. The molecule has 78 valence electrons. The summed E-state index contributed by atoms with van der Waals surface area (Å²) < 4.78 is 0. The summed E-state index contributed by atoms with van der Waals surface area (Å²) in [5.41, 5.74) is 0.870. The van der Waals surface area contributed by atoms with E-state index in [1.165, 1.54) is 0 Å². The van der Waals surface area contributed by atoms with Crippen molar-refractivity contribution < 1.29 is 4.79 Å². The average Bonchev–Trinajstić information content (AvgIpc) is 2.22. The maximum atomic E-state index is 10.6. The number of hydrogen-bond acceptors (Lipinski definition) is 2. The number of carbonyl (C=O) groups is 1. The fourth-order valence-electron chi connectivity index (χ4n) is 1.07. The minimum absolute atomic E-state index is 0.760. The van der Waals surface area contributed by atoms with Crippen LogP contribution in [0.15, 0.2) is 29.3 Å². The second-order valence-corrected chi connectivity index (χ2v) is 2.99. The topological polar surface area (TPSA) is 29.4 Å². The van der Waals surface area contributed by atoms with Gasteiger partial charge < -0.3 is 0 Å². The fourth-order valence-corrected chi connectivity index (χ4v) is 1.07. The minimum atomic E-state index is 0.760. The average molecular weight is 193 g/mol. The van der Waals surface area contributed by atoms with E-state index in [0.29, 0.717) is 0 Å². The van der Waals surface area contributed by atoms with Gasteiger partial charge in [0.05, 0.1) is 0 Å². The summed E-state index contributed by atoms with van der Waals surface area (Å²) in [5, 5.41) is 0. The van der Waals surface area contributed by atoms with E-state index in [0.717, 1.165) is 44.1 Å². The number of nitrogens with zero attached hydrogens (tertiary/aromatic N) is 1. The number of hydrogen-bond donors (Lipinski definition) is 0. The first-order chi connectivity index (χ1) is 6.85. The van der Waals surface area contributed by atoms with Crippen LogP contribution in [0.1, 0.15) is 32.6 Å². The van der Waals surface area contributed by atoms with Crippen molar-refractivity contribution in [2.24, 2.45) is 4.99 Å². The Labute approximate surface area is 86.4 Å². The lowest BCUT2D eigenvalue weighted by Crippen LogP contribution is -1.86. The molecule has 0 rings (SSSR count). The molecule has 2 heteroatoms. The number of aldehydes is 1. The summed E-state index contributed by atoms with van der Waals surface area (Å²) in [7, 11) is 0. The smallest absolute Gasteiger partial charge is 0.145 e. The molecule has 0 atom stereocenters. The maximum absolute atomic E-state index is 10.6. The van der Waals surface area contributed by atoms with Crippen LogP contribution in [0.25, 0.3) is 0 Å². The van der Waals surface area contributed by atoms with Crippen LogP contribution in [0.4, 0.5) is 0 Å². The summed E-state index contributed by atoms with van der Waals surface area (Å²) in [6, 6.07) is 0. The Morgan fingerprint density at radius 3 is 2.86 bits per heavy atom. The zero-order valence-corrected chi connectivity index (χ0v) is 8.91. The molecule has 0 saturated heterocycles. The van der Waals surface area contributed by atoms with Gasteiger partial charge >= 0.3 is 0 Å². The van der Waals surface area contributed by atoms with Crippen molar-refractivity contribution in [3.8, 4) is 0 Å². The van der Waals surface area contributed by atoms with Crippen LogP contribution < -0.4 is 0 Å². The highest BCUT2D eigenvalue weighted by molar-refractivity contribution is 5.74. The Hall–Kier alpha value is -1.18. The van der Waals surface area contributed by atoms with E-state index in [2.05, 4.69) is 11.6 Å². The lowest BCUT2D eigenvalue weighted by atomic mass is 10.1. The summed E-state index contributed by atoms with van der Waals surface area (Å²) in [6.45, 7) is 6.44. The van der Waals surface area contributed by atoms with Gasteiger partial charge in [0.2, 0.25) is 0 Å². The molecule has 0 radical (unpaired) electrons. The normalized spacial score (nSPS) is 11.9. The van der Waals surface area contributed by atoms with E-state index in [-0.39, 0.29) is 0 Å². The van der Waals surface area contributed by atoms with Gasteiger partial charge in [-0.2, -0.15) is 0 Å². The highest BCUT2D eigenvalue weighted by atomic mass is 16.1. The Morgan fingerprint density at radius 1 is 1.50 bits per heavy atom. The van der Waals surface area contributed by atoms with Gasteiger partial charge in [0, 0.05) is 19.2 Å². The van der Waals surface area contributed by atoms with Gasteiger partial charge in [-0.25, -0.2) is 0 Å². The molecular weight excluding hydrogens is 174 g/mol. The molecule has 0 bridgehead atoms. The summed E-state index contributed by atoms with van der Waals surface area (Å²) in [4.78, 5) is 14.7. The molecule has 0 fully saturated rings. The van der Waals surface area contributed by atoms with Gasteiger partial charge in [-0.1, -0.05) is 12.2 Å². The summed E-state index contributed by atoms with van der Waals surface area (Å²) in [6.07, 6.45) is 10.2. The van der Waals surface area contributed by atoms with E-state index >= 15 is 0 Å². The van der Waals surface area contributed by atoms with Gasteiger partial charge in [-0.3, -0.25) is 9.79 Å². The van der Waals surface area contributed by atoms with Gasteiger partial charge in [-0.15, -0.1) is 6.58 Å². The predicted octanol–water partition coefficient (Wildman–Crippen LogP) is 2.95. The standard InChI is InChI=1S/C12H19NO/c1-3-5-6-8-12(11-14)9-7-10-13-4-2/h3,9-11H,1,4-8H2,2H3/b12-9-,13-10+. The summed E-state index contributed by atoms with van der Waals surface area (Å²) >= 11 is 0. The van der Waals surface area contributed by atoms with Gasteiger partial charge in [0.1, 0.15) is 6.29 Å². The quantitative estimate of drug-likeness (QED) is 0.191. The van der Waals surface area contributed by atoms with Gasteiger partial charge in [0.15, 0.2) is 0 Å². The van der Waals surface area contributed by atoms with Crippen LogP contribution in [0.2, 0.25) is 0 Å². The van der Waals surface area contributed by atoms with Crippen LogP contribution in [0, 0.1) is 0 Å². The van der Waals surface area contributed by atoms with Crippen LogP contribution in [-0.4, -0.2) is 19.0 Å². The molecule has 0 spiro atoms. The molecule has 0 aliphatic carbocycles.